The summed E-state index contributed by atoms with van der Waals surface area (Å²) in [5.74, 6) is 0.537. The number of hydrogen-bond acceptors (Lipinski definition) is 2. The van der Waals surface area contributed by atoms with Crippen molar-refractivity contribution in [2.24, 2.45) is 0 Å². The number of halogens is 1. The van der Waals surface area contributed by atoms with Gasteiger partial charge in [-0.25, -0.2) is 0 Å². The van der Waals surface area contributed by atoms with Gasteiger partial charge in [0.05, 0.1) is 6.10 Å². The lowest BCUT2D eigenvalue weighted by molar-refractivity contribution is 0.0186. The SMILES string of the molecule is CC1CC(c2cc(N)cc(Cl)c2)CCO1. The maximum absolute atomic E-state index is 5.99. The van der Waals surface area contributed by atoms with Crippen LogP contribution in [0.2, 0.25) is 5.02 Å². The summed E-state index contributed by atoms with van der Waals surface area (Å²) in [6, 6.07) is 5.82. The molecule has 0 amide bonds. The first-order valence-electron chi connectivity index (χ1n) is 5.32. The molecule has 1 saturated heterocycles. The number of rotatable bonds is 1. The first-order chi connectivity index (χ1) is 7.15. The van der Waals surface area contributed by atoms with Crippen molar-refractivity contribution in [2.45, 2.75) is 31.8 Å². The second-order valence-electron chi connectivity index (χ2n) is 4.22. The molecule has 2 atom stereocenters. The monoisotopic (exact) mass is 225 g/mol. The Morgan fingerprint density at radius 2 is 2.20 bits per heavy atom. The van der Waals surface area contributed by atoms with E-state index in [1.54, 1.807) is 6.07 Å². The largest absolute Gasteiger partial charge is 0.399 e. The number of benzene rings is 1. The van der Waals surface area contributed by atoms with E-state index in [-0.39, 0.29) is 0 Å². The van der Waals surface area contributed by atoms with E-state index >= 15 is 0 Å². The van der Waals surface area contributed by atoms with Gasteiger partial charge in [-0.3, -0.25) is 0 Å². The lowest BCUT2D eigenvalue weighted by Gasteiger charge is -2.27. The van der Waals surface area contributed by atoms with E-state index in [1.165, 1.54) is 5.56 Å². The zero-order valence-electron chi connectivity index (χ0n) is 8.87. The second kappa shape index (κ2) is 4.42. The van der Waals surface area contributed by atoms with Crippen LogP contribution in [0.25, 0.3) is 0 Å². The predicted octanol–water partition coefficient (Wildman–Crippen LogP) is 3.20. The van der Waals surface area contributed by atoms with Crippen molar-refractivity contribution >= 4 is 17.3 Å². The molecule has 0 aromatic heterocycles. The molecule has 2 N–H and O–H groups in total. The highest BCUT2D eigenvalue weighted by molar-refractivity contribution is 6.30. The molecule has 1 fully saturated rings. The van der Waals surface area contributed by atoms with Crippen molar-refractivity contribution in [3.8, 4) is 0 Å². The Kier molecular flexibility index (Phi) is 3.17. The van der Waals surface area contributed by atoms with Gasteiger partial charge in [-0.2, -0.15) is 0 Å². The Morgan fingerprint density at radius 3 is 2.87 bits per heavy atom. The Bertz CT molecular complexity index is 333. The van der Waals surface area contributed by atoms with Gasteiger partial charge in [0.1, 0.15) is 0 Å². The standard InChI is InChI=1S/C12H16ClNO/c1-8-4-9(2-3-15-8)10-5-11(13)7-12(14)6-10/h5-9H,2-4,14H2,1H3. The lowest BCUT2D eigenvalue weighted by atomic mass is 9.89. The van der Waals surface area contributed by atoms with E-state index in [4.69, 9.17) is 22.1 Å². The maximum Gasteiger partial charge on any atom is 0.0552 e. The number of hydrogen-bond donors (Lipinski definition) is 1. The third-order valence-corrected chi connectivity index (χ3v) is 3.12. The fourth-order valence-electron chi connectivity index (χ4n) is 2.17. The highest BCUT2D eigenvalue weighted by Gasteiger charge is 2.21. The van der Waals surface area contributed by atoms with E-state index in [2.05, 4.69) is 6.92 Å². The summed E-state index contributed by atoms with van der Waals surface area (Å²) in [5.41, 5.74) is 7.78. The summed E-state index contributed by atoms with van der Waals surface area (Å²) in [5, 5.41) is 0.726. The average Bonchev–Trinajstić information content (AvgIpc) is 2.16. The van der Waals surface area contributed by atoms with Crippen LogP contribution in [0.1, 0.15) is 31.2 Å². The van der Waals surface area contributed by atoms with Gasteiger partial charge in [-0.15, -0.1) is 0 Å². The molecular formula is C12H16ClNO. The molecule has 3 heteroatoms. The molecule has 2 nitrogen and oxygen atoms in total. The summed E-state index contributed by atoms with van der Waals surface area (Å²) in [7, 11) is 0. The highest BCUT2D eigenvalue weighted by Crippen LogP contribution is 2.32. The smallest absolute Gasteiger partial charge is 0.0552 e. The molecule has 0 radical (unpaired) electrons. The van der Waals surface area contributed by atoms with Gasteiger partial charge in [0.2, 0.25) is 0 Å². The molecule has 1 aliphatic heterocycles. The van der Waals surface area contributed by atoms with Gasteiger partial charge in [0.15, 0.2) is 0 Å². The van der Waals surface area contributed by atoms with Gasteiger partial charge in [0, 0.05) is 17.3 Å². The summed E-state index contributed by atoms with van der Waals surface area (Å²) in [4.78, 5) is 0. The van der Waals surface area contributed by atoms with E-state index in [0.717, 1.165) is 30.2 Å². The Balaban J connectivity index is 2.20. The van der Waals surface area contributed by atoms with Crippen LogP contribution in [0.4, 0.5) is 5.69 Å². The van der Waals surface area contributed by atoms with Crippen molar-refractivity contribution < 1.29 is 4.74 Å². The first kappa shape index (κ1) is 10.8. The van der Waals surface area contributed by atoms with Crippen LogP contribution in [-0.2, 0) is 4.74 Å². The van der Waals surface area contributed by atoms with Gasteiger partial charge in [-0.1, -0.05) is 11.6 Å². The number of nitrogens with two attached hydrogens (primary N) is 1. The topological polar surface area (TPSA) is 35.2 Å². The molecule has 15 heavy (non-hydrogen) atoms. The maximum atomic E-state index is 5.99. The Labute approximate surface area is 95.4 Å². The molecule has 1 heterocycles. The first-order valence-corrected chi connectivity index (χ1v) is 5.70. The van der Waals surface area contributed by atoms with Crippen LogP contribution in [0.5, 0.6) is 0 Å². The Hall–Kier alpha value is -0.730. The molecule has 0 bridgehead atoms. The van der Waals surface area contributed by atoms with Crippen molar-refractivity contribution in [1.29, 1.82) is 0 Å². The molecule has 1 aromatic carbocycles. The molecule has 2 rings (SSSR count). The number of nitrogen functional groups attached to an aromatic ring is 1. The van der Waals surface area contributed by atoms with Crippen LogP contribution in [0, 0.1) is 0 Å². The molecule has 2 unspecified atom stereocenters. The molecule has 1 aromatic rings. The quantitative estimate of drug-likeness (QED) is 0.745. The zero-order chi connectivity index (χ0) is 10.8. The van der Waals surface area contributed by atoms with Gasteiger partial charge in [-0.05, 0) is 49.4 Å². The predicted molar refractivity (Wildman–Crippen MR) is 63.3 cm³/mol. The third kappa shape index (κ3) is 2.64. The molecule has 82 valence electrons. The second-order valence-corrected chi connectivity index (χ2v) is 4.66. The van der Waals surface area contributed by atoms with Crippen molar-refractivity contribution in [3.63, 3.8) is 0 Å². The molecule has 0 saturated carbocycles. The Morgan fingerprint density at radius 1 is 1.40 bits per heavy atom. The van der Waals surface area contributed by atoms with E-state index in [1.807, 2.05) is 12.1 Å². The van der Waals surface area contributed by atoms with Crippen LogP contribution in [-0.4, -0.2) is 12.7 Å². The van der Waals surface area contributed by atoms with Crippen LogP contribution in [0.3, 0.4) is 0 Å². The van der Waals surface area contributed by atoms with Crippen molar-refractivity contribution in [1.82, 2.24) is 0 Å². The summed E-state index contributed by atoms with van der Waals surface area (Å²) < 4.78 is 5.53. The normalized spacial score (nSPS) is 26.5. The van der Waals surface area contributed by atoms with E-state index in [9.17, 15) is 0 Å². The summed E-state index contributed by atoms with van der Waals surface area (Å²) in [6.45, 7) is 2.94. The van der Waals surface area contributed by atoms with Crippen LogP contribution in [0.15, 0.2) is 18.2 Å². The highest BCUT2D eigenvalue weighted by atomic mass is 35.5. The number of ether oxygens (including phenoxy) is 1. The lowest BCUT2D eigenvalue weighted by Crippen LogP contribution is -2.21. The zero-order valence-corrected chi connectivity index (χ0v) is 9.63. The van der Waals surface area contributed by atoms with Gasteiger partial charge in [0.25, 0.3) is 0 Å². The van der Waals surface area contributed by atoms with Gasteiger partial charge >= 0.3 is 0 Å². The fraction of sp³-hybridized carbons (Fsp3) is 0.500. The fourth-order valence-corrected chi connectivity index (χ4v) is 2.42. The molecule has 0 spiro atoms. The van der Waals surface area contributed by atoms with Crippen molar-refractivity contribution in [2.75, 3.05) is 12.3 Å². The van der Waals surface area contributed by atoms with E-state index < -0.39 is 0 Å². The minimum atomic E-state index is 0.337. The molecule has 1 aliphatic rings. The van der Waals surface area contributed by atoms with Gasteiger partial charge < -0.3 is 10.5 Å². The number of anilines is 1. The van der Waals surface area contributed by atoms with E-state index in [0.29, 0.717) is 12.0 Å². The molecule has 0 aliphatic carbocycles. The summed E-state index contributed by atoms with van der Waals surface area (Å²) >= 11 is 5.99. The van der Waals surface area contributed by atoms with Crippen LogP contribution < -0.4 is 5.73 Å². The molecular weight excluding hydrogens is 210 g/mol. The van der Waals surface area contributed by atoms with Crippen LogP contribution >= 0.6 is 11.6 Å². The minimum absolute atomic E-state index is 0.337. The minimum Gasteiger partial charge on any atom is -0.399 e. The summed E-state index contributed by atoms with van der Waals surface area (Å²) in [6.07, 6.45) is 2.45. The third-order valence-electron chi connectivity index (χ3n) is 2.90. The average molecular weight is 226 g/mol. The van der Waals surface area contributed by atoms with Crippen molar-refractivity contribution in [3.05, 3.63) is 28.8 Å².